The highest BCUT2D eigenvalue weighted by molar-refractivity contribution is 8.13. The Labute approximate surface area is 144 Å². The topological polar surface area (TPSA) is 80.1 Å². The molecule has 7 nitrogen and oxygen atoms in total. The molecule has 2 aromatic heterocycles. The van der Waals surface area contributed by atoms with E-state index in [1.54, 1.807) is 15.8 Å². The van der Waals surface area contributed by atoms with Gasteiger partial charge in [0.25, 0.3) is 5.24 Å². The Morgan fingerprint density at radius 2 is 2.21 bits per heavy atom. The number of carbonyl (C=O) groups excluding carboxylic acids is 2. The van der Waals surface area contributed by atoms with Crippen LogP contribution in [0.3, 0.4) is 0 Å². The first-order valence-corrected chi connectivity index (χ1v) is 8.68. The van der Waals surface area contributed by atoms with Crippen LogP contribution in [0.25, 0.3) is 5.82 Å². The minimum Gasteiger partial charge on any atom is -0.350 e. The summed E-state index contributed by atoms with van der Waals surface area (Å²) in [6.45, 7) is 5.06. The summed E-state index contributed by atoms with van der Waals surface area (Å²) in [7, 11) is 0. The van der Waals surface area contributed by atoms with Crippen molar-refractivity contribution < 1.29 is 9.59 Å². The number of pyridine rings is 1. The summed E-state index contributed by atoms with van der Waals surface area (Å²) in [6, 6.07) is 5.78. The molecule has 8 heteroatoms. The number of nitrogens with one attached hydrogen (secondary N) is 1. The van der Waals surface area contributed by atoms with Crippen LogP contribution >= 0.6 is 11.8 Å². The molecule has 1 fully saturated rings. The third-order valence-electron chi connectivity index (χ3n) is 3.70. The van der Waals surface area contributed by atoms with Gasteiger partial charge < -0.3 is 10.2 Å². The van der Waals surface area contributed by atoms with Crippen LogP contribution in [0.5, 0.6) is 0 Å². The summed E-state index contributed by atoms with van der Waals surface area (Å²) in [4.78, 5) is 29.3. The van der Waals surface area contributed by atoms with Gasteiger partial charge in [-0.1, -0.05) is 17.8 Å². The van der Waals surface area contributed by atoms with Crippen LogP contribution in [0.15, 0.2) is 24.4 Å². The van der Waals surface area contributed by atoms with E-state index in [-0.39, 0.29) is 17.7 Å². The molecule has 0 aliphatic carbocycles. The molecule has 1 N–H and O–H groups in total. The maximum Gasteiger partial charge on any atom is 0.282 e. The number of hydrogen-bond acceptors (Lipinski definition) is 5. The van der Waals surface area contributed by atoms with Gasteiger partial charge in [-0.3, -0.25) is 9.59 Å². The Hall–Kier alpha value is -2.35. The van der Waals surface area contributed by atoms with Crippen LogP contribution in [0.1, 0.15) is 17.0 Å². The zero-order chi connectivity index (χ0) is 17.1. The largest absolute Gasteiger partial charge is 0.350 e. The van der Waals surface area contributed by atoms with Gasteiger partial charge in [-0.2, -0.15) is 5.10 Å². The molecule has 0 unspecified atom stereocenters. The fourth-order valence-electron chi connectivity index (χ4n) is 2.51. The number of amides is 2. The standard InChI is InChI=1S/C16H19N5O2S/c1-11-7-12(2)21(19-11)14-4-3-13(8-17-14)9-18-15(22)10-20-5-6-24-16(20)23/h3-4,7-8H,5-6,9-10H2,1-2H3,(H,18,22). The number of aromatic nitrogens is 3. The molecule has 0 bridgehead atoms. The van der Waals surface area contributed by atoms with Gasteiger partial charge in [0.1, 0.15) is 6.54 Å². The predicted molar refractivity (Wildman–Crippen MR) is 92.1 cm³/mol. The van der Waals surface area contributed by atoms with Crippen LogP contribution in [0, 0.1) is 13.8 Å². The molecule has 3 heterocycles. The van der Waals surface area contributed by atoms with Gasteiger partial charge in [0, 0.05) is 30.7 Å². The van der Waals surface area contributed by atoms with Crippen molar-refractivity contribution in [2.75, 3.05) is 18.8 Å². The summed E-state index contributed by atoms with van der Waals surface area (Å²) in [5, 5.41) is 7.18. The molecule has 0 saturated carbocycles. The summed E-state index contributed by atoms with van der Waals surface area (Å²) in [6.07, 6.45) is 1.73. The van der Waals surface area contributed by atoms with Crippen LogP contribution in [0.4, 0.5) is 4.79 Å². The molecule has 24 heavy (non-hydrogen) atoms. The highest BCUT2D eigenvalue weighted by atomic mass is 32.2. The maximum atomic E-state index is 11.9. The number of aryl methyl sites for hydroxylation is 2. The number of thioether (sulfide) groups is 1. The van der Waals surface area contributed by atoms with E-state index in [0.29, 0.717) is 13.1 Å². The Morgan fingerprint density at radius 1 is 1.38 bits per heavy atom. The van der Waals surface area contributed by atoms with Crippen LogP contribution in [0.2, 0.25) is 0 Å². The predicted octanol–water partition coefficient (Wildman–Crippen LogP) is 1.67. The van der Waals surface area contributed by atoms with Crippen molar-refractivity contribution in [1.29, 1.82) is 0 Å². The monoisotopic (exact) mass is 345 g/mol. The third kappa shape index (κ3) is 3.76. The third-order valence-corrected chi connectivity index (χ3v) is 4.60. The second-order valence-electron chi connectivity index (χ2n) is 5.68. The van der Waals surface area contributed by atoms with Crippen LogP contribution < -0.4 is 5.32 Å². The number of hydrogen-bond donors (Lipinski definition) is 1. The van der Waals surface area contributed by atoms with Gasteiger partial charge in [-0.15, -0.1) is 0 Å². The van der Waals surface area contributed by atoms with Gasteiger partial charge in [0.05, 0.1) is 5.69 Å². The van der Waals surface area contributed by atoms with Crippen molar-refractivity contribution in [3.63, 3.8) is 0 Å². The smallest absolute Gasteiger partial charge is 0.282 e. The lowest BCUT2D eigenvalue weighted by Crippen LogP contribution is -2.36. The fourth-order valence-corrected chi connectivity index (χ4v) is 3.33. The molecule has 1 aliphatic rings. The van der Waals surface area contributed by atoms with Gasteiger partial charge in [-0.25, -0.2) is 9.67 Å². The van der Waals surface area contributed by atoms with Crippen molar-refractivity contribution >= 4 is 22.9 Å². The van der Waals surface area contributed by atoms with E-state index in [9.17, 15) is 9.59 Å². The molecule has 2 amide bonds. The molecule has 1 aliphatic heterocycles. The first kappa shape index (κ1) is 16.5. The minimum absolute atomic E-state index is 0.0268. The molecular weight excluding hydrogens is 326 g/mol. The van der Waals surface area contributed by atoms with Crippen molar-refractivity contribution in [1.82, 2.24) is 25.0 Å². The van der Waals surface area contributed by atoms with E-state index in [4.69, 9.17) is 0 Å². The van der Waals surface area contributed by atoms with Gasteiger partial charge in [0.2, 0.25) is 5.91 Å². The van der Waals surface area contributed by atoms with Gasteiger partial charge >= 0.3 is 0 Å². The number of rotatable bonds is 5. The lowest BCUT2D eigenvalue weighted by Gasteiger charge is -2.14. The molecule has 0 radical (unpaired) electrons. The summed E-state index contributed by atoms with van der Waals surface area (Å²) < 4.78 is 1.79. The Kier molecular flexibility index (Phi) is 4.84. The number of nitrogens with zero attached hydrogens (tertiary/aromatic N) is 4. The average molecular weight is 345 g/mol. The quantitative estimate of drug-likeness (QED) is 0.892. The van der Waals surface area contributed by atoms with Crippen molar-refractivity contribution in [2.24, 2.45) is 0 Å². The van der Waals surface area contributed by atoms with E-state index >= 15 is 0 Å². The first-order valence-electron chi connectivity index (χ1n) is 7.70. The Morgan fingerprint density at radius 3 is 2.79 bits per heavy atom. The van der Waals surface area contributed by atoms with E-state index in [0.717, 1.165) is 28.5 Å². The second-order valence-corrected chi connectivity index (χ2v) is 6.72. The molecule has 3 rings (SSSR count). The van der Waals surface area contributed by atoms with Crippen LogP contribution in [-0.4, -0.2) is 49.7 Å². The maximum absolute atomic E-state index is 11.9. The number of carbonyl (C=O) groups is 2. The average Bonchev–Trinajstić information content (AvgIpc) is 3.11. The van der Waals surface area contributed by atoms with Crippen molar-refractivity contribution in [3.05, 3.63) is 41.3 Å². The summed E-state index contributed by atoms with van der Waals surface area (Å²) >= 11 is 1.25. The van der Waals surface area contributed by atoms with Crippen molar-refractivity contribution in [3.8, 4) is 5.82 Å². The van der Waals surface area contributed by atoms with Crippen LogP contribution in [-0.2, 0) is 11.3 Å². The van der Waals surface area contributed by atoms with E-state index in [2.05, 4.69) is 15.4 Å². The lowest BCUT2D eigenvalue weighted by molar-refractivity contribution is -0.121. The summed E-state index contributed by atoms with van der Waals surface area (Å²) in [5.74, 6) is 1.34. The first-order chi connectivity index (χ1) is 11.5. The highest BCUT2D eigenvalue weighted by Gasteiger charge is 2.22. The molecule has 0 spiro atoms. The normalized spacial score (nSPS) is 14.2. The highest BCUT2D eigenvalue weighted by Crippen LogP contribution is 2.16. The van der Waals surface area contributed by atoms with E-state index in [1.165, 1.54) is 11.8 Å². The molecule has 0 aromatic carbocycles. The summed E-state index contributed by atoms with van der Waals surface area (Å²) in [5.41, 5.74) is 2.87. The molecule has 0 atom stereocenters. The minimum atomic E-state index is -0.159. The van der Waals surface area contributed by atoms with E-state index < -0.39 is 0 Å². The SMILES string of the molecule is Cc1cc(C)n(-c2ccc(CNC(=O)CN3CCSC3=O)cn2)n1. The van der Waals surface area contributed by atoms with Crippen molar-refractivity contribution in [2.45, 2.75) is 20.4 Å². The Bertz CT molecular complexity index is 756. The molecule has 1 saturated heterocycles. The zero-order valence-corrected chi connectivity index (χ0v) is 14.5. The fraction of sp³-hybridized carbons (Fsp3) is 0.375. The van der Waals surface area contributed by atoms with Gasteiger partial charge in [0.15, 0.2) is 5.82 Å². The molecule has 126 valence electrons. The zero-order valence-electron chi connectivity index (χ0n) is 13.7. The molecular formula is C16H19N5O2S. The van der Waals surface area contributed by atoms with Gasteiger partial charge in [-0.05, 0) is 31.5 Å². The second kappa shape index (κ2) is 7.04. The molecule has 2 aromatic rings. The lowest BCUT2D eigenvalue weighted by atomic mass is 10.2. The Balaban J connectivity index is 1.55. The van der Waals surface area contributed by atoms with E-state index in [1.807, 2.05) is 32.0 Å².